The van der Waals surface area contributed by atoms with Gasteiger partial charge in [-0.05, 0) is 59.5 Å². The van der Waals surface area contributed by atoms with E-state index in [4.69, 9.17) is 14.2 Å². The van der Waals surface area contributed by atoms with E-state index in [1.807, 2.05) is 50.2 Å². The highest BCUT2D eigenvalue weighted by atomic mass is 16.5. The van der Waals surface area contributed by atoms with E-state index < -0.39 is 0 Å². The van der Waals surface area contributed by atoms with Crippen LogP contribution in [0.4, 0.5) is 0 Å². The average Bonchev–Trinajstić information content (AvgIpc) is 3.12. The number of rotatable bonds is 7. The Morgan fingerprint density at radius 3 is 1.76 bits per heavy atom. The number of carbonyl (C=O) groups excluding carboxylic acids is 2. The van der Waals surface area contributed by atoms with Crippen molar-refractivity contribution in [3.63, 3.8) is 0 Å². The SMILES string of the molecule is CC.COc1ccc(-c2cc(OC)c(OC)cc2CCN2C(=O)c3ccccc3C2=O)cc1. The van der Waals surface area contributed by atoms with E-state index in [9.17, 15) is 9.59 Å². The Morgan fingerprint density at radius 2 is 1.24 bits per heavy atom. The van der Waals surface area contributed by atoms with Crippen molar-refractivity contribution in [3.05, 3.63) is 77.4 Å². The molecule has 0 saturated carbocycles. The van der Waals surface area contributed by atoms with Crippen molar-refractivity contribution < 1.29 is 23.8 Å². The van der Waals surface area contributed by atoms with Crippen LogP contribution >= 0.6 is 0 Å². The minimum Gasteiger partial charge on any atom is -0.497 e. The molecule has 3 aromatic carbocycles. The smallest absolute Gasteiger partial charge is 0.261 e. The number of hydrogen-bond donors (Lipinski definition) is 0. The Bertz CT molecular complexity index is 1100. The van der Waals surface area contributed by atoms with Crippen LogP contribution < -0.4 is 14.2 Å². The number of imide groups is 1. The number of hydrogen-bond acceptors (Lipinski definition) is 5. The van der Waals surface area contributed by atoms with Crippen LogP contribution in [0, 0.1) is 0 Å². The number of benzene rings is 3. The Kier molecular flexibility index (Phi) is 7.72. The van der Waals surface area contributed by atoms with E-state index in [0.29, 0.717) is 29.0 Å². The zero-order valence-electron chi connectivity index (χ0n) is 19.7. The lowest BCUT2D eigenvalue weighted by molar-refractivity contribution is 0.0656. The molecule has 4 rings (SSSR count). The summed E-state index contributed by atoms with van der Waals surface area (Å²) in [6.07, 6.45) is 0.479. The molecule has 0 aromatic heterocycles. The molecule has 172 valence electrons. The lowest BCUT2D eigenvalue weighted by atomic mass is 9.96. The molecule has 0 N–H and O–H groups in total. The van der Waals surface area contributed by atoms with Crippen molar-refractivity contribution in [2.45, 2.75) is 20.3 Å². The standard InChI is InChI=1S/C25H23NO5.C2H6/c1-29-18-10-8-16(9-11-18)21-15-23(31-3)22(30-2)14-17(21)12-13-26-24(27)19-6-4-5-7-20(19)25(26)28;1-2/h4-11,14-15H,12-13H2,1-3H3;1-2H3. The van der Waals surface area contributed by atoms with Gasteiger partial charge in [-0.25, -0.2) is 0 Å². The number of nitrogens with zero attached hydrogens (tertiary/aromatic N) is 1. The summed E-state index contributed by atoms with van der Waals surface area (Å²) in [5.74, 6) is 1.45. The van der Waals surface area contributed by atoms with Gasteiger partial charge in [-0.15, -0.1) is 0 Å². The second-order valence-corrected chi connectivity index (χ2v) is 7.15. The first-order chi connectivity index (χ1) is 16.1. The van der Waals surface area contributed by atoms with Crippen molar-refractivity contribution in [3.8, 4) is 28.4 Å². The molecule has 0 aliphatic carbocycles. The number of methoxy groups -OCH3 is 3. The largest absolute Gasteiger partial charge is 0.497 e. The normalized spacial score (nSPS) is 12.1. The molecule has 0 saturated heterocycles. The summed E-state index contributed by atoms with van der Waals surface area (Å²) in [7, 11) is 4.80. The molecular formula is C27H29NO5. The molecule has 6 nitrogen and oxygen atoms in total. The molecule has 0 atom stereocenters. The second kappa shape index (κ2) is 10.7. The van der Waals surface area contributed by atoms with Crippen molar-refractivity contribution in [2.75, 3.05) is 27.9 Å². The molecular weight excluding hydrogens is 418 g/mol. The number of amides is 2. The minimum absolute atomic E-state index is 0.257. The van der Waals surface area contributed by atoms with Gasteiger partial charge < -0.3 is 14.2 Å². The molecule has 0 bridgehead atoms. The van der Waals surface area contributed by atoms with Gasteiger partial charge in [-0.1, -0.05) is 38.1 Å². The summed E-state index contributed by atoms with van der Waals surface area (Å²) in [6, 6.07) is 18.4. The summed E-state index contributed by atoms with van der Waals surface area (Å²) >= 11 is 0. The molecule has 0 spiro atoms. The van der Waals surface area contributed by atoms with E-state index in [1.54, 1.807) is 45.6 Å². The predicted octanol–water partition coefficient (Wildman–Crippen LogP) is 5.24. The lowest BCUT2D eigenvalue weighted by Crippen LogP contribution is -2.31. The van der Waals surface area contributed by atoms with Crippen LogP contribution in [-0.2, 0) is 6.42 Å². The third-order valence-electron chi connectivity index (χ3n) is 5.49. The van der Waals surface area contributed by atoms with Crippen molar-refractivity contribution in [1.82, 2.24) is 4.90 Å². The van der Waals surface area contributed by atoms with Crippen LogP contribution in [0.2, 0.25) is 0 Å². The van der Waals surface area contributed by atoms with Crippen LogP contribution in [0.25, 0.3) is 11.1 Å². The predicted molar refractivity (Wildman–Crippen MR) is 128 cm³/mol. The van der Waals surface area contributed by atoms with Crippen LogP contribution in [0.3, 0.4) is 0 Å². The van der Waals surface area contributed by atoms with Crippen LogP contribution in [-0.4, -0.2) is 44.6 Å². The van der Waals surface area contributed by atoms with E-state index in [0.717, 1.165) is 22.4 Å². The molecule has 0 unspecified atom stereocenters. The highest BCUT2D eigenvalue weighted by Crippen LogP contribution is 2.37. The average molecular weight is 448 g/mol. The highest BCUT2D eigenvalue weighted by Gasteiger charge is 2.34. The quantitative estimate of drug-likeness (QED) is 0.463. The first-order valence-corrected chi connectivity index (χ1v) is 10.9. The van der Waals surface area contributed by atoms with Gasteiger partial charge in [0.2, 0.25) is 0 Å². The van der Waals surface area contributed by atoms with Crippen LogP contribution in [0.15, 0.2) is 60.7 Å². The molecule has 33 heavy (non-hydrogen) atoms. The van der Waals surface area contributed by atoms with Gasteiger partial charge in [0, 0.05) is 6.54 Å². The van der Waals surface area contributed by atoms with Gasteiger partial charge in [0.25, 0.3) is 11.8 Å². The van der Waals surface area contributed by atoms with Crippen molar-refractivity contribution in [2.24, 2.45) is 0 Å². The van der Waals surface area contributed by atoms with Crippen molar-refractivity contribution in [1.29, 1.82) is 0 Å². The van der Waals surface area contributed by atoms with E-state index in [-0.39, 0.29) is 18.4 Å². The molecule has 3 aromatic rings. The maximum Gasteiger partial charge on any atom is 0.261 e. The van der Waals surface area contributed by atoms with Gasteiger partial charge in [0.05, 0.1) is 32.5 Å². The molecule has 0 radical (unpaired) electrons. The minimum atomic E-state index is -0.257. The summed E-state index contributed by atoms with van der Waals surface area (Å²) in [4.78, 5) is 26.8. The molecule has 1 aliphatic heterocycles. The van der Waals surface area contributed by atoms with Gasteiger partial charge in [-0.3, -0.25) is 14.5 Å². The fourth-order valence-corrected chi connectivity index (χ4v) is 3.84. The summed E-state index contributed by atoms with van der Waals surface area (Å²) in [5.41, 5.74) is 3.76. The molecule has 2 amide bonds. The van der Waals surface area contributed by atoms with Crippen LogP contribution in [0.1, 0.15) is 40.1 Å². The zero-order valence-corrected chi connectivity index (χ0v) is 19.7. The Morgan fingerprint density at radius 1 is 0.697 bits per heavy atom. The summed E-state index contributed by atoms with van der Waals surface area (Å²) in [6.45, 7) is 4.27. The van der Waals surface area contributed by atoms with E-state index >= 15 is 0 Å². The van der Waals surface area contributed by atoms with Crippen LogP contribution in [0.5, 0.6) is 17.2 Å². The first kappa shape index (κ1) is 23.9. The number of fused-ring (bicyclic) bond motifs is 1. The lowest BCUT2D eigenvalue weighted by Gasteiger charge is -2.18. The molecule has 0 fully saturated rings. The van der Waals surface area contributed by atoms with Gasteiger partial charge >= 0.3 is 0 Å². The van der Waals surface area contributed by atoms with E-state index in [1.165, 1.54) is 4.90 Å². The zero-order chi connectivity index (χ0) is 24.0. The Balaban J connectivity index is 0.00000149. The highest BCUT2D eigenvalue weighted by molar-refractivity contribution is 6.21. The fourth-order valence-electron chi connectivity index (χ4n) is 3.84. The molecule has 6 heteroatoms. The first-order valence-electron chi connectivity index (χ1n) is 10.9. The summed E-state index contributed by atoms with van der Waals surface area (Å²) in [5, 5.41) is 0. The number of carbonyl (C=O) groups is 2. The number of ether oxygens (including phenoxy) is 3. The maximum atomic E-state index is 12.7. The Labute approximate surface area is 194 Å². The van der Waals surface area contributed by atoms with E-state index in [2.05, 4.69) is 0 Å². The molecule has 1 heterocycles. The van der Waals surface area contributed by atoms with Gasteiger partial charge in [0.1, 0.15) is 5.75 Å². The van der Waals surface area contributed by atoms with Crippen molar-refractivity contribution >= 4 is 11.8 Å². The monoisotopic (exact) mass is 447 g/mol. The fraction of sp³-hybridized carbons (Fsp3) is 0.259. The third-order valence-corrected chi connectivity index (χ3v) is 5.49. The Hall–Kier alpha value is -3.80. The topological polar surface area (TPSA) is 65.1 Å². The summed E-state index contributed by atoms with van der Waals surface area (Å²) < 4.78 is 16.2. The van der Waals surface area contributed by atoms with Gasteiger partial charge in [-0.2, -0.15) is 0 Å². The second-order valence-electron chi connectivity index (χ2n) is 7.15. The third kappa shape index (κ3) is 4.70. The van der Waals surface area contributed by atoms with Gasteiger partial charge in [0.15, 0.2) is 11.5 Å². The molecule has 1 aliphatic rings. The maximum absolute atomic E-state index is 12.7.